The van der Waals surface area contributed by atoms with E-state index in [0.717, 1.165) is 27.4 Å². The number of carbonyl (C=O) groups excluding carboxylic acids is 2. The zero-order valence-corrected chi connectivity index (χ0v) is 25.5. The Morgan fingerprint density at radius 2 is 1.60 bits per heavy atom. The molecule has 9 heteroatoms. The molecule has 3 rings (SSSR count). The van der Waals surface area contributed by atoms with Gasteiger partial charge in [0.15, 0.2) is 0 Å². The Kier molecular flexibility index (Phi) is 10.4. The molecule has 0 saturated heterocycles. The molecule has 0 saturated carbocycles. The number of amides is 2. The first-order chi connectivity index (χ1) is 18.8. The second-order valence-corrected chi connectivity index (χ2v) is 12.6. The van der Waals surface area contributed by atoms with Crippen LogP contribution >= 0.6 is 11.6 Å². The maximum absolute atomic E-state index is 14.0. The first-order valence-electron chi connectivity index (χ1n) is 13.3. The number of halogens is 1. The third-order valence-electron chi connectivity index (χ3n) is 6.92. The summed E-state index contributed by atoms with van der Waals surface area (Å²) in [7, 11) is -4.14. The van der Waals surface area contributed by atoms with Crippen molar-refractivity contribution in [3.63, 3.8) is 0 Å². The van der Waals surface area contributed by atoms with Gasteiger partial charge < -0.3 is 10.2 Å². The van der Waals surface area contributed by atoms with Gasteiger partial charge in [-0.3, -0.25) is 13.9 Å². The molecule has 0 fully saturated rings. The van der Waals surface area contributed by atoms with Gasteiger partial charge in [0.05, 0.1) is 10.6 Å². The van der Waals surface area contributed by atoms with E-state index < -0.39 is 28.5 Å². The van der Waals surface area contributed by atoms with E-state index in [1.54, 1.807) is 44.2 Å². The second-order valence-electron chi connectivity index (χ2n) is 10.3. The van der Waals surface area contributed by atoms with E-state index in [2.05, 4.69) is 5.32 Å². The molecule has 2 amide bonds. The van der Waals surface area contributed by atoms with Crippen LogP contribution in [0.4, 0.5) is 5.69 Å². The smallest absolute Gasteiger partial charge is 0.264 e. The molecule has 3 aromatic carbocycles. The molecule has 2 atom stereocenters. The monoisotopic (exact) mass is 583 g/mol. The van der Waals surface area contributed by atoms with Crippen LogP contribution in [0, 0.1) is 20.8 Å². The molecule has 0 aliphatic heterocycles. The molecule has 0 aliphatic carbocycles. The van der Waals surface area contributed by atoms with Crippen LogP contribution in [0.5, 0.6) is 0 Å². The molecular formula is C31H38ClN3O4S. The number of nitrogens with one attached hydrogen (secondary N) is 1. The van der Waals surface area contributed by atoms with E-state index in [9.17, 15) is 18.0 Å². The molecule has 214 valence electrons. The zero-order valence-electron chi connectivity index (χ0n) is 23.9. The van der Waals surface area contributed by atoms with Gasteiger partial charge in [-0.15, -0.1) is 0 Å². The van der Waals surface area contributed by atoms with Crippen molar-refractivity contribution in [1.82, 2.24) is 10.2 Å². The van der Waals surface area contributed by atoms with Crippen molar-refractivity contribution in [3.8, 4) is 0 Å². The van der Waals surface area contributed by atoms with E-state index in [4.69, 9.17) is 11.6 Å². The van der Waals surface area contributed by atoms with Crippen LogP contribution in [0.2, 0.25) is 5.02 Å². The van der Waals surface area contributed by atoms with E-state index >= 15 is 0 Å². The number of carbonyl (C=O) groups is 2. The summed E-state index contributed by atoms with van der Waals surface area (Å²) in [4.78, 5) is 28.7. The van der Waals surface area contributed by atoms with Gasteiger partial charge in [0.1, 0.15) is 12.6 Å². The molecule has 40 heavy (non-hydrogen) atoms. The fourth-order valence-electron chi connectivity index (χ4n) is 4.30. The standard InChI is InChI=1S/C31H38ClN3O4S/c1-7-24(5)33-31(37)25(6)34(19-26-10-8-9-22(3)17-26)30(36)20-35(29-16-13-27(32)18-23(29)4)40(38,39)28-14-11-21(2)12-15-28/h8-18,24-25H,7,19-20H2,1-6H3,(H,33,37)/t24-,25-/m1/s1. The van der Waals surface area contributed by atoms with Crippen molar-refractivity contribution in [3.05, 3.63) is 94.0 Å². The summed E-state index contributed by atoms with van der Waals surface area (Å²) in [6.45, 7) is 10.8. The molecule has 0 radical (unpaired) electrons. The van der Waals surface area contributed by atoms with Gasteiger partial charge in [-0.25, -0.2) is 8.42 Å². The first-order valence-corrected chi connectivity index (χ1v) is 15.2. The molecule has 1 N–H and O–H groups in total. The Bertz CT molecular complexity index is 1460. The van der Waals surface area contributed by atoms with Crippen molar-refractivity contribution in [2.45, 2.75) is 71.5 Å². The highest BCUT2D eigenvalue weighted by atomic mass is 35.5. The van der Waals surface area contributed by atoms with Crippen molar-refractivity contribution in [2.24, 2.45) is 0 Å². The van der Waals surface area contributed by atoms with Gasteiger partial charge in [-0.2, -0.15) is 0 Å². The van der Waals surface area contributed by atoms with Crippen molar-refractivity contribution < 1.29 is 18.0 Å². The molecule has 7 nitrogen and oxygen atoms in total. The highest BCUT2D eigenvalue weighted by molar-refractivity contribution is 7.92. The third-order valence-corrected chi connectivity index (χ3v) is 8.93. The lowest BCUT2D eigenvalue weighted by Gasteiger charge is -2.33. The molecule has 0 spiro atoms. The molecule has 0 bridgehead atoms. The number of rotatable bonds is 11. The van der Waals surface area contributed by atoms with Gasteiger partial charge in [-0.05, 0) is 82.5 Å². The average Bonchev–Trinajstić information content (AvgIpc) is 2.90. The van der Waals surface area contributed by atoms with E-state index in [1.807, 2.05) is 52.0 Å². The third kappa shape index (κ3) is 7.64. The van der Waals surface area contributed by atoms with Gasteiger partial charge in [-0.1, -0.05) is 66.0 Å². The largest absolute Gasteiger partial charge is 0.352 e. The fraction of sp³-hybridized carbons (Fsp3) is 0.355. The highest BCUT2D eigenvalue weighted by Crippen LogP contribution is 2.29. The highest BCUT2D eigenvalue weighted by Gasteiger charge is 2.33. The molecule has 3 aromatic rings. The molecular weight excluding hydrogens is 546 g/mol. The summed E-state index contributed by atoms with van der Waals surface area (Å²) in [5.41, 5.74) is 3.71. The summed E-state index contributed by atoms with van der Waals surface area (Å²) in [6.07, 6.45) is 0.739. The average molecular weight is 584 g/mol. The summed E-state index contributed by atoms with van der Waals surface area (Å²) in [5.74, 6) is -0.802. The lowest BCUT2D eigenvalue weighted by Crippen LogP contribution is -2.52. The van der Waals surface area contributed by atoms with Crippen LogP contribution < -0.4 is 9.62 Å². The van der Waals surface area contributed by atoms with E-state index in [-0.39, 0.29) is 23.4 Å². The molecule has 0 heterocycles. The Morgan fingerprint density at radius 1 is 0.925 bits per heavy atom. The summed E-state index contributed by atoms with van der Waals surface area (Å²) in [5, 5.41) is 3.40. The van der Waals surface area contributed by atoms with Gasteiger partial charge in [0.2, 0.25) is 11.8 Å². The van der Waals surface area contributed by atoms with Gasteiger partial charge in [0.25, 0.3) is 10.0 Å². The minimum Gasteiger partial charge on any atom is -0.352 e. The van der Waals surface area contributed by atoms with Crippen LogP contribution in [0.1, 0.15) is 49.4 Å². The number of hydrogen-bond donors (Lipinski definition) is 1. The number of aryl methyl sites for hydroxylation is 3. The summed E-state index contributed by atoms with van der Waals surface area (Å²) < 4.78 is 29.1. The molecule has 0 unspecified atom stereocenters. The zero-order chi connectivity index (χ0) is 29.6. The van der Waals surface area contributed by atoms with Gasteiger partial charge in [0, 0.05) is 17.6 Å². The lowest BCUT2D eigenvalue weighted by molar-refractivity contribution is -0.139. The number of benzene rings is 3. The predicted octanol–water partition coefficient (Wildman–Crippen LogP) is 5.79. The molecule has 0 aliphatic rings. The Hall–Kier alpha value is -3.36. The Balaban J connectivity index is 2.06. The number of anilines is 1. The maximum Gasteiger partial charge on any atom is 0.264 e. The summed E-state index contributed by atoms with van der Waals surface area (Å²) >= 11 is 6.17. The lowest BCUT2D eigenvalue weighted by atomic mass is 10.1. The van der Waals surface area contributed by atoms with Crippen molar-refractivity contribution >= 4 is 39.1 Å². The SMILES string of the molecule is CC[C@@H](C)NC(=O)[C@@H](C)N(Cc1cccc(C)c1)C(=O)CN(c1ccc(Cl)cc1C)S(=O)(=O)c1ccc(C)cc1. The van der Waals surface area contributed by atoms with Crippen LogP contribution in [-0.2, 0) is 26.2 Å². The first kappa shape index (κ1) is 31.2. The van der Waals surface area contributed by atoms with Crippen LogP contribution in [0.15, 0.2) is 71.6 Å². The minimum absolute atomic E-state index is 0.0630. The minimum atomic E-state index is -4.14. The quantitative estimate of drug-likeness (QED) is 0.309. The van der Waals surface area contributed by atoms with Crippen LogP contribution in [-0.4, -0.2) is 43.8 Å². The van der Waals surface area contributed by atoms with Gasteiger partial charge >= 0.3 is 0 Å². The van der Waals surface area contributed by atoms with Crippen LogP contribution in [0.3, 0.4) is 0 Å². The van der Waals surface area contributed by atoms with E-state index in [1.165, 1.54) is 17.0 Å². The van der Waals surface area contributed by atoms with Crippen molar-refractivity contribution in [2.75, 3.05) is 10.8 Å². The Labute approximate surface area is 243 Å². The Morgan fingerprint density at radius 3 is 2.20 bits per heavy atom. The van der Waals surface area contributed by atoms with E-state index in [0.29, 0.717) is 16.3 Å². The number of hydrogen-bond acceptors (Lipinski definition) is 4. The summed E-state index contributed by atoms with van der Waals surface area (Å²) in [6, 6.07) is 18.1. The number of sulfonamides is 1. The normalized spacial score (nSPS) is 12.9. The topological polar surface area (TPSA) is 86.8 Å². The predicted molar refractivity (Wildman–Crippen MR) is 161 cm³/mol. The van der Waals surface area contributed by atoms with Crippen LogP contribution in [0.25, 0.3) is 0 Å². The molecule has 0 aromatic heterocycles. The van der Waals surface area contributed by atoms with Crippen molar-refractivity contribution in [1.29, 1.82) is 0 Å². The number of nitrogens with zero attached hydrogens (tertiary/aromatic N) is 2. The fourth-order valence-corrected chi connectivity index (χ4v) is 6.01. The maximum atomic E-state index is 14.0. The second kappa shape index (κ2) is 13.3.